The lowest BCUT2D eigenvalue weighted by molar-refractivity contribution is 0.0707. The highest BCUT2D eigenvalue weighted by Gasteiger charge is 2.32. The Morgan fingerprint density at radius 3 is 2.80 bits per heavy atom. The fraction of sp³-hybridized carbons (Fsp3) is 0.600. The number of aryl methyl sites for hydroxylation is 1. The van der Waals surface area contributed by atoms with Crippen LogP contribution in [0.4, 0.5) is 5.82 Å². The zero-order valence-corrected chi connectivity index (χ0v) is 12.2. The highest BCUT2D eigenvalue weighted by molar-refractivity contribution is 5.95. The summed E-state index contributed by atoms with van der Waals surface area (Å²) in [4.78, 5) is 18.8. The SMILES string of the molecule is CCCc1cc(C(=O)N(CCO)C2CC2)cc(NC)n1. The zero-order valence-electron chi connectivity index (χ0n) is 12.2. The summed E-state index contributed by atoms with van der Waals surface area (Å²) in [6.07, 6.45) is 3.94. The van der Waals surface area contributed by atoms with Crippen molar-refractivity contribution in [2.75, 3.05) is 25.5 Å². The maximum Gasteiger partial charge on any atom is 0.254 e. The highest BCUT2D eigenvalue weighted by atomic mass is 16.3. The molecule has 5 heteroatoms. The molecule has 0 radical (unpaired) electrons. The molecule has 20 heavy (non-hydrogen) atoms. The first-order chi connectivity index (χ1) is 9.69. The molecule has 2 N–H and O–H groups in total. The molecule has 5 nitrogen and oxygen atoms in total. The Hall–Kier alpha value is -1.62. The molecule has 0 unspecified atom stereocenters. The quantitative estimate of drug-likeness (QED) is 0.795. The predicted molar refractivity (Wildman–Crippen MR) is 78.9 cm³/mol. The van der Waals surface area contributed by atoms with Gasteiger partial charge in [0.25, 0.3) is 5.91 Å². The first kappa shape index (κ1) is 14.8. The number of amides is 1. The fourth-order valence-corrected chi connectivity index (χ4v) is 2.33. The lowest BCUT2D eigenvalue weighted by Crippen LogP contribution is -2.35. The molecule has 1 amide bonds. The first-order valence-electron chi connectivity index (χ1n) is 7.30. The number of anilines is 1. The van der Waals surface area contributed by atoms with Crippen LogP contribution in [0, 0.1) is 0 Å². The first-order valence-corrected chi connectivity index (χ1v) is 7.30. The molecule has 1 aliphatic rings. The number of hydrogen-bond acceptors (Lipinski definition) is 4. The minimum Gasteiger partial charge on any atom is -0.395 e. The summed E-state index contributed by atoms with van der Waals surface area (Å²) in [7, 11) is 1.80. The summed E-state index contributed by atoms with van der Waals surface area (Å²) in [6.45, 7) is 2.51. The van der Waals surface area contributed by atoms with Crippen molar-refractivity contribution in [3.8, 4) is 0 Å². The van der Waals surface area contributed by atoms with Crippen LogP contribution in [0.5, 0.6) is 0 Å². The Balaban J connectivity index is 2.24. The molecule has 2 rings (SSSR count). The second kappa shape index (κ2) is 6.70. The van der Waals surface area contributed by atoms with E-state index in [0.717, 1.165) is 37.2 Å². The lowest BCUT2D eigenvalue weighted by atomic mass is 10.1. The largest absolute Gasteiger partial charge is 0.395 e. The number of hydrogen-bond donors (Lipinski definition) is 2. The summed E-state index contributed by atoms with van der Waals surface area (Å²) in [6, 6.07) is 3.96. The van der Waals surface area contributed by atoms with E-state index in [-0.39, 0.29) is 12.5 Å². The van der Waals surface area contributed by atoms with Crippen LogP contribution in [0.2, 0.25) is 0 Å². The van der Waals surface area contributed by atoms with E-state index in [0.29, 0.717) is 18.2 Å². The van der Waals surface area contributed by atoms with Gasteiger partial charge in [-0.15, -0.1) is 0 Å². The van der Waals surface area contributed by atoms with Gasteiger partial charge < -0.3 is 15.3 Å². The number of nitrogens with one attached hydrogen (secondary N) is 1. The lowest BCUT2D eigenvalue weighted by Gasteiger charge is -2.22. The van der Waals surface area contributed by atoms with Gasteiger partial charge in [-0.2, -0.15) is 0 Å². The van der Waals surface area contributed by atoms with E-state index < -0.39 is 0 Å². The van der Waals surface area contributed by atoms with Crippen LogP contribution in [0.15, 0.2) is 12.1 Å². The number of nitrogens with zero attached hydrogens (tertiary/aromatic N) is 2. The summed E-state index contributed by atoms with van der Waals surface area (Å²) in [5, 5.41) is 12.1. The van der Waals surface area contributed by atoms with Gasteiger partial charge >= 0.3 is 0 Å². The molecule has 110 valence electrons. The van der Waals surface area contributed by atoms with E-state index in [4.69, 9.17) is 5.11 Å². The topological polar surface area (TPSA) is 65.5 Å². The number of aromatic nitrogens is 1. The minimum atomic E-state index is -0.00203. The second-order valence-corrected chi connectivity index (χ2v) is 5.19. The molecule has 1 fully saturated rings. The van der Waals surface area contributed by atoms with Gasteiger partial charge in [0.1, 0.15) is 5.82 Å². The Morgan fingerprint density at radius 2 is 2.25 bits per heavy atom. The molecule has 1 heterocycles. The summed E-state index contributed by atoms with van der Waals surface area (Å²) < 4.78 is 0. The van der Waals surface area contributed by atoms with E-state index in [1.165, 1.54) is 0 Å². The second-order valence-electron chi connectivity index (χ2n) is 5.19. The van der Waals surface area contributed by atoms with E-state index in [9.17, 15) is 4.79 Å². The van der Waals surface area contributed by atoms with Crippen molar-refractivity contribution in [2.45, 2.75) is 38.6 Å². The molecular weight excluding hydrogens is 254 g/mol. The van der Waals surface area contributed by atoms with Crippen molar-refractivity contribution in [3.63, 3.8) is 0 Å². The minimum absolute atomic E-state index is 0.00203. The summed E-state index contributed by atoms with van der Waals surface area (Å²) in [5.74, 6) is 0.719. The summed E-state index contributed by atoms with van der Waals surface area (Å²) in [5.41, 5.74) is 1.59. The summed E-state index contributed by atoms with van der Waals surface area (Å²) >= 11 is 0. The van der Waals surface area contributed by atoms with Crippen molar-refractivity contribution in [1.82, 2.24) is 9.88 Å². The Kier molecular flexibility index (Phi) is 4.95. The number of carbonyl (C=O) groups excluding carboxylic acids is 1. The van der Waals surface area contributed by atoms with Gasteiger partial charge in [-0.05, 0) is 31.4 Å². The van der Waals surface area contributed by atoms with Gasteiger partial charge in [-0.1, -0.05) is 13.3 Å². The van der Waals surface area contributed by atoms with E-state index in [1.54, 1.807) is 18.0 Å². The van der Waals surface area contributed by atoms with E-state index in [1.807, 2.05) is 6.07 Å². The number of aliphatic hydroxyl groups excluding tert-OH is 1. The van der Waals surface area contributed by atoms with Crippen molar-refractivity contribution >= 4 is 11.7 Å². The van der Waals surface area contributed by atoms with Gasteiger partial charge in [0.2, 0.25) is 0 Å². The molecule has 0 bridgehead atoms. The van der Waals surface area contributed by atoms with Crippen LogP contribution in [-0.4, -0.2) is 47.1 Å². The van der Waals surface area contributed by atoms with Crippen molar-refractivity contribution < 1.29 is 9.90 Å². The standard InChI is InChI=1S/C15H23N3O2/c1-3-4-12-9-11(10-14(16-2)17-12)15(20)18(7-8-19)13-5-6-13/h9-10,13,19H,3-8H2,1-2H3,(H,16,17). The maximum atomic E-state index is 12.6. The van der Waals surface area contributed by atoms with Crippen LogP contribution in [0.25, 0.3) is 0 Å². The van der Waals surface area contributed by atoms with Crippen LogP contribution >= 0.6 is 0 Å². The molecule has 0 atom stereocenters. The maximum absolute atomic E-state index is 12.6. The Morgan fingerprint density at radius 1 is 1.50 bits per heavy atom. The van der Waals surface area contributed by atoms with Crippen molar-refractivity contribution in [1.29, 1.82) is 0 Å². The van der Waals surface area contributed by atoms with Crippen molar-refractivity contribution in [2.24, 2.45) is 0 Å². The van der Waals surface area contributed by atoms with Crippen LogP contribution in [0.1, 0.15) is 42.2 Å². The average molecular weight is 277 g/mol. The number of aliphatic hydroxyl groups is 1. The molecular formula is C15H23N3O2. The molecule has 0 aliphatic heterocycles. The third-order valence-corrected chi connectivity index (χ3v) is 3.48. The number of carbonyl (C=O) groups is 1. The van der Waals surface area contributed by atoms with E-state index in [2.05, 4.69) is 17.2 Å². The van der Waals surface area contributed by atoms with Gasteiger partial charge in [0.05, 0.1) is 6.61 Å². The molecule has 0 spiro atoms. The van der Waals surface area contributed by atoms with Crippen LogP contribution in [-0.2, 0) is 6.42 Å². The third kappa shape index (κ3) is 3.48. The predicted octanol–water partition coefficient (Wildman–Crippen LogP) is 1.67. The molecule has 1 aromatic rings. The van der Waals surface area contributed by atoms with Crippen LogP contribution in [0.3, 0.4) is 0 Å². The smallest absolute Gasteiger partial charge is 0.254 e. The van der Waals surface area contributed by atoms with Gasteiger partial charge in [-0.3, -0.25) is 4.79 Å². The fourth-order valence-electron chi connectivity index (χ4n) is 2.33. The third-order valence-electron chi connectivity index (χ3n) is 3.48. The molecule has 0 saturated heterocycles. The van der Waals surface area contributed by atoms with E-state index >= 15 is 0 Å². The van der Waals surface area contributed by atoms with Gasteiger partial charge in [0.15, 0.2) is 0 Å². The Labute approximate surface area is 120 Å². The zero-order chi connectivity index (χ0) is 14.5. The van der Waals surface area contributed by atoms with Crippen molar-refractivity contribution in [3.05, 3.63) is 23.4 Å². The van der Waals surface area contributed by atoms with Gasteiger partial charge in [0, 0.05) is 30.9 Å². The molecule has 1 aliphatic carbocycles. The van der Waals surface area contributed by atoms with Crippen LogP contribution < -0.4 is 5.32 Å². The molecule has 1 aromatic heterocycles. The molecule has 0 aromatic carbocycles. The molecule has 1 saturated carbocycles. The number of rotatable bonds is 7. The average Bonchev–Trinajstić information content (AvgIpc) is 3.28. The Bertz CT molecular complexity index is 472. The normalized spacial score (nSPS) is 14.2. The van der Waals surface area contributed by atoms with Gasteiger partial charge in [-0.25, -0.2) is 4.98 Å². The highest BCUT2D eigenvalue weighted by Crippen LogP contribution is 2.28. The monoisotopic (exact) mass is 277 g/mol. The number of pyridine rings is 1.